The first-order valence-electron chi connectivity index (χ1n) is 6.45. The van der Waals surface area contributed by atoms with Crippen LogP contribution in [0, 0.1) is 5.92 Å². The van der Waals surface area contributed by atoms with Crippen LogP contribution >= 0.6 is 22.9 Å². The van der Waals surface area contributed by atoms with Gasteiger partial charge in [0.05, 0.1) is 4.88 Å². The van der Waals surface area contributed by atoms with Gasteiger partial charge in [-0.05, 0) is 29.9 Å². The van der Waals surface area contributed by atoms with Crippen LogP contribution in [0.1, 0.15) is 29.9 Å². The molecule has 1 unspecified atom stereocenters. The van der Waals surface area contributed by atoms with Gasteiger partial charge in [-0.25, -0.2) is 0 Å². The summed E-state index contributed by atoms with van der Waals surface area (Å²) in [7, 11) is 0. The van der Waals surface area contributed by atoms with Gasteiger partial charge >= 0.3 is 0 Å². The van der Waals surface area contributed by atoms with Crippen LogP contribution in [0.3, 0.4) is 0 Å². The fraction of sp³-hybridized carbons (Fsp3) is 0.400. The molecule has 1 aromatic heterocycles. The summed E-state index contributed by atoms with van der Waals surface area (Å²) < 4.78 is 1.14. The Labute approximate surface area is 122 Å². The van der Waals surface area contributed by atoms with Gasteiger partial charge in [0.1, 0.15) is 0 Å². The van der Waals surface area contributed by atoms with E-state index in [1.54, 1.807) is 0 Å². The summed E-state index contributed by atoms with van der Waals surface area (Å²) in [4.78, 5) is 13.0. The van der Waals surface area contributed by atoms with Gasteiger partial charge < -0.3 is 5.32 Å². The zero-order valence-electron chi connectivity index (χ0n) is 11.2. The molecule has 1 atom stereocenters. The molecule has 1 N–H and O–H groups in total. The van der Waals surface area contributed by atoms with E-state index in [0.29, 0.717) is 11.8 Å². The average Bonchev–Trinajstić information content (AvgIpc) is 2.81. The quantitative estimate of drug-likeness (QED) is 0.819. The second-order valence-corrected chi connectivity index (χ2v) is 6.50. The van der Waals surface area contributed by atoms with Crippen LogP contribution in [0.25, 0.3) is 10.1 Å². The average molecular weight is 296 g/mol. The molecular formula is C15H18ClNOS. The molecule has 19 heavy (non-hydrogen) atoms. The topological polar surface area (TPSA) is 29.1 Å². The zero-order valence-corrected chi connectivity index (χ0v) is 12.7. The Morgan fingerprint density at radius 3 is 2.74 bits per heavy atom. The summed E-state index contributed by atoms with van der Waals surface area (Å²) in [6, 6.07) is 10.0. The molecule has 0 bridgehead atoms. The number of halogens is 1. The number of amides is 1. The number of carbonyl (C=O) groups excluding carboxylic acids is 1. The van der Waals surface area contributed by atoms with Crippen LogP contribution in [0.15, 0.2) is 30.3 Å². The van der Waals surface area contributed by atoms with E-state index in [0.717, 1.165) is 21.4 Å². The SMILES string of the molecule is CC(C)CC(CCl)NC(=O)c1cc2ccccc2s1. The number of carbonyl (C=O) groups is 1. The Balaban J connectivity index is 2.10. The number of nitrogens with one attached hydrogen (secondary N) is 1. The smallest absolute Gasteiger partial charge is 0.261 e. The highest BCUT2D eigenvalue weighted by Crippen LogP contribution is 2.25. The van der Waals surface area contributed by atoms with E-state index in [1.807, 2.05) is 30.3 Å². The lowest BCUT2D eigenvalue weighted by molar-refractivity contribution is 0.0941. The fourth-order valence-electron chi connectivity index (χ4n) is 2.08. The van der Waals surface area contributed by atoms with Crippen LogP contribution in [-0.4, -0.2) is 17.8 Å². The molecule has 102 valence electrons. The summed E-state index contributed by atoms with van der Waals surface area (Å²) in [6.07, 6.45) is 0.903. The van der Waals surface area contributed by atoms with E-state index >= 15 is 0 Å². The first kappa shape index (κ1) is 14.4. The summed E-state index contributed by atoms with van der Waals surface area (Å²) in [5.74, 6) is 0.952. The number of fused-ring (bicyclic) bond motifs is 1. The predicted octanol–water partition coefficient (Wildman–Crippen LogP) is 4.28. The van der Waals surface area contributed by atoms with Crippen molar-refractivity contribution in [2.75, 3.05) is 5.88 Å². The van der Waals surface area contributed by atoms with Gasteiger partial charge in [0.25, 0.3) is 5.91 Å². The second kappa shape index (κ2) is 6.40. The van der Waals surface area contributed by atoms with Crippen molar-refractivity contribution in [2.24, 2.45) is 5.92 Å². The highest BCUT2D eigenvalue weighted by Gasteiger charge is 2.16. The summed E-state index contributed by atoms with van der Waals surface area (Å²) in [5, 5.41) is 4.13. The molecule has 4 heteroatoms. The Morgan fingerprint density at radius 1 is 1.37 bits per heavy atom. The number of hydrogen-bond acceptors (Lipinski definition) is 2. The van der Waals surface area contributed by atoms with E-state index in [-0.39, 0.29) is 11.9 Å². The van der Waals surface area contributed by atoms with Crippen molar-refractivity contribution in [1.29, 1.82) is 0 Å². The first-order chi connectivity index (χ1) is 9.10. The van der Waals surface area contributed by atoms with E-state index in [1.165, 1.54) is 11.3 Å². The van der Waals surface area contributed by atoms with Gasteiger partial charge in [0.15, 0.2) is 0 Å². The fourth-order valence-corrected chi connectivity index (χ4v) is 3.25. The maximum atomic E-state index is 12.2. The largest absolute Gasteiger partial charge is 0.347 e. The molecule has 0 radical (unpaired) electrons. The van der Waals surface area contributed by atoms with Gasteiger partial charge in [-0.15, -0.1) is 22.9 Å². The van der Waals surface area contributed by atoms with E-state index in [2.05, 4.69) is 19.2 Å². The van der Waals surface area contributed by atoms with Crippen molar-refractivity contribution >= 4 is 38.9 Å². The Hall–Kier alpha value is -1.06. The summed E-state index contributed by atoms with van der Waals surface area (Å²) >= 11 is 7.43. The Kier molecular flexibility index (Phi) is 4.83. The van der Waals surface area contributed by atoms with Crippen LogP contribution in [0.5, 0.6) is 0 Å². The van der Waals surface area contributed by atoms with Gasteiger partial charge in [-0.2, -0.15) is 0 Å². The predicted molar refractivity (Wildman–Crippen MR) is 83.3 cm³/mol. The lowest BCUT2D eigenvalue weighted by Crippen LogP contribution is -2.36. The maximum absolute atomic E-state index is 12.2. The van der Waals surface area contributed by atoms with Gasteiger partial charge in [-0.3, -0.25) is 4.79 Å². The number of rotatable bonds is 5. The van der Waals surface area contributed by atoms with Crippen LogP contribution in [-0.2, 0) is 0 Å². The van der Waals surface area contributed by atoms with Crippen LogP contribution < -0.4 is 5.32 Å². The zero-order chi connectivity index (χ0) is 13.8. The molecule has 0 aliphatic rings. The molecule has 0 saturated heterocycles. The van der Waals surface area contributed by atoms with Crippen LogP contribution in [0.4, 0.5) is 0 Å². The van der Waals surface area contributed by atoms with E-state index < -0.39 is 0 Å². The third-order valence-corrected chi connectivity index (χ3v) is 4.41. The summed E-state index contributed by atoms with van der Waals surface area (Å²) in [6.45, 7) is 4.26. The molecule has 1 heterocycles. The molecule has 0 saturated carbocycles. The normalized spacial score (nSPS) is 12.8. The van der Waals surface area contributed by atoms with Crippen LogP contribution in [0.2, 0.25) is 0 Å². The van der Waals surface area contributed by atoms with Crippen molar-refractivity contribution < 1.29 is 4.79 Å². The minimum atomic E-state index is -0.0208. The lowest BCUT2D eigenvalue weighted by Gasteiger charge is -2.17. The van der Waals surface area contributed by atoms with Crippen molar-refractivity contribution in [3.05, 3.63) is 35.2 Å². The van der Waals surface area contributed by atoms with Gasteiger partial charge in [0.2, 0.25) is 0 Å². The molecule has 2 aromatic rings. The standard InChI is InChI=1S/C15H18ClNOS/c1-10(2)7-12(9-16)17-15(18)14-8-11-5-3-4-6-13(11)19-14/h3-6,8,10,12H,7,9H2,1-2H3,(H,17,18). The molecular weight excluding hydrogens is 278 g/mol. The molecule has 1 aromatic carbocycles. The van der Waals surface area contributed by atoms with Crippen molar-refractivity contribution in [1.82, 2.24) is 5.32 Å². The lowest BCUT2D eigenvalue weighted by atomic mass is 10.1. The molecule has 0 aliphatic carbocycles. The van der Waals surface area contributed by atoms with Crippen molar-refractivity contribution in [2.45, 2.75) is 26.3 Å². The van der Waals surface area contributed by atoms with E-state index in [4.69, 9.17) is 11.6 Å². The molecule has 0 spiro atoms. The van der Waals surface area contributed by atoms with Gasteiger partial charge in [0, 0.05) is 16.6 Å². The first-order valence-corrected chi connectivity index (χ1v) is 7.80. The third kappa shape index (κ3) is 3.71. The molecule has 2 nitrogen and oxygen atoms in total. The number of hydrogen-bond donors (Lipinski definition) is 1. The highest BCUT2D eigenvalue weighted by molar-refractivity contribution is 7.20. The minimum Gasteiger partial charge on any atom is -0.347 e. The number of alkyl halides is 1. The molecule has 0 aliphatic heterocycles. The molecule has 0 fully saturated rings. The minimum absolute atomic E-state index is 0.0208. The Bertz CT molecular complexity index is 531. The molecule has 1 amide bonds. The summed E-state index contributed by atoms with van der Waals surface area (Å²) in [5.41, 5.74) is 0. The third-order valence-electron chi connectivity index (χ3n) is 2.93. The van der Waals surface area contributed by atoms with Gasteiger partial charge in [-0.1, -0.05) is 32.0 Å². The molecule has 2 rings (SSSR count). The number of benzene rings is 1. The maximum Gasteiger partial charge on any atom is 0.261 e. The van der Waals surface area contributed by atoms with Crippen molar-refractivity contribution in [3.63, 3.8) is 0 Å². The highest BCUT2D eigenvalue weighted by atomic mass is 35.5. The monoisotopic (exact) mass is 295 g/mol. The second-order valence-electron chi connectivity index (χ2n) is 5.10. The van der Waals surface area contributed by atoms with E-state index in [9.17, 15) is 4.79 Å². The number of thiophene rings is 1. The Morgan fingerprint density at radius 2 is 2.11 bits per heavy atom. The van der Waals surface area contributed by atoms with Crippen molar-refractivity contribution in [3.8, 4) is 0 Å².